The van der Waals surface area contributed by atoms with Crippen LogP contribution in [-0.2, 0) is 9.59 Å². The summed E-state index contributed by atoms with van der Waals surface area (Å²) in [4.78, 5) is 19.1. The van der Waals surface area contributed by atoms with Gasteiger partial charge in [-0.25, -0.2) is 0 Å². The molecule has 0 spiro atoms. The highest BCUT2D eigenvalue weighted by atomic mass is 16.3. The zero-order valence-corrected chi connectivity index (χ0v) is 9.34. The lowest BCUT2D eigenvalue weighted by molar-refractivity contribution is -0.118. The average molecular weight is 191 g/mol. The van der Waals surface area contributed by atoms with Crippen molar-refractivity contribution in [3.63, 3.8) is 0 Å². The van der Waals surface area contributed by atoms with Crippen molar-refractivity contribution in [2.24, 2.45) is 0 Å². The molecular formula is C9H21NO3. The van der Waals surface area contributed by atoms with E-state index in [9.17, 15) is 9.59 Å². The van der Waals surface area contributed by atoms with E-state index in [1.807, 2.05) is 0 Å². The summed E-state index contributed by atoms with van der Waals surface area (Å²) in [6.07, 6.45) is -0.167. The zero-order valence-electron chi connectivity index (χ0n) is 9.34. The highest BCUT2D eigenvalue weighted by Gasteiger charge is 1.72. The maximum atomic E-state index is 9.70. The van der Waals surface area contributed by atoms with Crippen molar-refractivity contribution in [3.05, 3.63) is 0 Å². The van der Waals surface area contributed by atoms with Crippen LogP contribution in [0.4, 0.5) is 0 Å². The van der Waals surface area contributed by atoms with Gasteiger partial charge >= 0.3 is 0 Å². The van der Waals surface area contributed by atoms with Gasteiger partial charge in [-0.3, -0.25) is 4.79 Å². The summed E-state index contributed by atoms with van der Waals surface area (Å²) < 4.78 is 0. The second-order valence-electron chi connectivity index (χ2n) is 2.81. The molecule has 0 saturated heterocycles. The predicted molar refractivity (Wildman–Crippen MR) is 53.5 cm³/mol. The number of amides is 1. The van der Waals surface area contributed by atoms with Crippen molar-refractivity contribution >= 4 is 11.7 Å². The molecule has 0 aliphatic heterocycles. The van der Waals surface area contributed by atoms with Crippen molar-refractivity contribution in [2.75, 3.05) is 7.05 Å². The van der Waals surface area contributed by atoms with Gasteiger partial charge in [0.25, 0.3) is 0 Å². The van der Waals surface area contributed by atoms with Crippen molar-refractivity contribution in [1.29, 1.82) is 0 Å². The van der Waals surface area contributed by atoms with Crippen LogP contribution in [0, 0.1) is 0 Å². The normalized spacial score (nSPS) is 7.38. The fourth-order valence-corrected chi connectivity index (χ4v) is 0. The van der Waals surface area contributed by atoms with Gasteiger partial charge in [-0.2, -0.15) is 0 Å². The second kappa shape index (κ2) is 13.7. The van der Waals surface area contributed by atoms with Gasteiger partial charge in [0.05, 0.1) is 0 Å². The first kappa shape index (κ1) is 18.0. The number of carbonyl (C=O) groups excluding carboxylic acids is 2. The monoisotopic (exact) mass is 191 g/mol. The number of rotatable bonds is 0. The third-order valence-electron chi connectivity index (χ3n) is 0.352. The van der Waals surface area contributed by atoms with Gasteiger partial charge < -0.3 is 15.2 Å². The molecule has 0 radical (unpaired) electrons. The lowest BCUT2D eigenvalue weighted by atomic mass is 10.5. The van der Waals surface area contributed by atoms with Crippen LogP contribution in [0.5, 0.6) is 0 Å². The topological polar surface area (TPSA) is 66.4 Å². The molecule has 1 amide bonds. The first-order chi connectivity index (χ1) is 5.73. The Labute approximate surface area is 80.3 Å². The summed E-state index contributed by atoms with van der Waals surface area (Å²) in [7, 11) is 1.60. The number of carbonyl (C=O) groups is 2. The molecule has 0 saturated carbocycles. The van der Waals surface area contributed by atoms with Gasteiger partial charge in [-0.1, -0.05) is 0 Å². The number of aliphatic hydroxyl groups is 1. The van der Waals surface area contributed by atoms with Gasteiger partial charge in [-0.05, 0) is 27.7 Å². The second-order valence-corrected chi connectivity index (χ2v) is 2.81. The number of hydrogen-bond acceptors (Lipinski definition) is 3. The Bertz CT molecular complexity index is 126. The van der Waals surface area contributed by atoms with Crippen LogP contribution in [0.2, 0.25) is 0 Å². The van der Waals surface area contributed by atoms with E-state index in [2.05, 4.69) is 5.32 Å². The smallest absolute Gasteiger partial charge is 0.216 e. The summed E-state index contributed by atoms with van der Waals surface area (Å²) in [6, 6.07) is 0. The fourth-order valence-electron chi connectivity index (χ4n) is 0. The molecule has 0 atom stereocenters. The molecule has 0 aromatic carbocycles. The summed E-state index contributed by atoms with van der Waals surface area (Å²) >= 11 is 0. The molecule has 0 aromatic heterocycles. The molecule has 13 heavy (non-hydrogen) atoms. The van der Waals surface area contributed by atoms with Gasteiger partial charge in [-0.15, -0.1) is 0 Å². The number of hydrogen-bond donors (Lipinski definition) is 2. The average Bonchev–Trinajstić information content (AvgIpc) is 1.84. The van der Waals surface area contributed by atoms with E-state index < -0.39 is 0 Å². The molecule has 0 rings (SSSR count). The third kappa shape index (κ3) is 760. The van der Waals surface area contributed by atoms with E-state index in [-0.39, 0.29) is 17.8 Å². The molecule has 80 valence electrons. The predicted octanol–water partition coefficient (Wildman–Crippen LogP) is 0.735. The number of ketones is 1. The SMILES string of the molecule is CC(C)=O.CC(C)O.CNC(C)=O. The fraction of sp³-hybridized carbons (Fsp3) is 0.778. The van der Waals surface area contributed by atoms with Crippen LogP contribution in [-0.4, -0.2) is 29.9 Å². The van der Waals surface area contributed by atoms with Crippen LogP contribution in [0.3, 0.4) is 0 Å². The molecule has 0 aromatic rings. The summed E-state index contributed by atoms with van der Waals surface area (Å²) in [5.41, 5.74) is 0. The summed E-state index contributed by atoms with van der Waals surface area (Å²) in [5, 5.41) is 10.4. The van der Waals surface area contributed by atoms with Crippen LogP contribution in [0.15, 0.2) is 0 Å². The van der Waals surface area contributed by atoms with Gasteiger partial charge in [0.2, 0.25) is 5.91 Å². The standard InChI is InChI=1S/C3H7NO.C3H8O.C3H6O/c1-3(5)4-2;2*1-3(2)4/h1-2H3,(H,4,5);3-4H,1-2H3;1-2H3. The molecule has 4 heteroatoms. The Kier molecular flexibility index (Phi) is 18.9. The maximum absolute atomic E-state index is 9.70. The minimum atomic E-state index is -0.167. The number of Topliss-reactive ketones (excluding diaryl/α,β-unsaturated/α-hetero) is 1. The van der Waals surface area contributed by atoms with Crippen LogP contribution >= 0.6 is 0 Å². The van der Waals surface area contributed by atoms with Crippen LogP contribution in [0.1, 0.15) is 34.6 Å². The lowest BCUT2D eigenvalue weighted by Crippen LogP contribution is -2.11. The van der Waals surface area contributed by atoms with E-state index in [4.69, 9.17) is 5.11 Å². The Morgan fingerprint density at radius 1 is 1.15 bits per heavy atom. The highest BCUT2D eigenvalue weighted by Crippen LogP contribution is 1.65. The molecule has 0 bridgehead atoms. The van der Waals surface area contributed by atoms with Crippen molar-refractivity contribution in [2.45, 2.75) is 40.7 Å². The third-order valence-corrected chi connectivity index (χ3v) is 0.352. The van der Waals surface area contributed by atoms with Crippen molar-refractivity contribution in [3.8, 4) is 0 Å². The summed E-state index contributed by atoms with van der Waals surface area (Å²) in [5.74, 6) is 0.171. The number of aliphatic hydroxyl groups excluding tert-OH is 1. The molecule has 0 unspecified atom stereocenters. The van der Waals surface area contributed by atoms with Gasteiger partial charge in [0.15, 0.2) is 0 Å². The largest absolute Gasteiger partial charge is 0.394 e. The minimum absolute atomic E-state index is 0.00463. The first-order valence-corrected chi connectivity index (χ1v) is 4.07. The minimum Gasteiger partial charge on any atom is -0.394 e. The van der Waals surface area contributed by atoms with E-state index in [0.29, 0.717) is 0 Å². The molecule has 0 aliphatic rings. The van der Waals surface area contributed by atoms with Crippen LogP contribution in [0.25, 0.3) is 0 Å². The highest BCUT2D eigenvalue weighted by molar-refractivity contribution is 5.72. The van der Waals surface area contributed by atoms with E-state index in [0.717, 1.165) is 0 Å². The molecule has 0 heterocycles. The molecule has 4 nitrogen and oxygen atoms in total. The molecule has 0 fully saturated rings. The van der Waals surface area contributed by atoms with Gasteiger partial charge in [0, 0.05) is 20.1 Å². The Balaban J connectivity index is -0.000000117. The van der Waals surface area contributed by atoms with Crippen LogP contribution < -0.4 is 5.32 Å². The Morgan fingerprint density at radius 2 is 1.23 bits per heavy atom. The Hall–Kier alpha value is -0.900. The lowest BCUT2D eigenvalue weighted by Gasteiger charge is -1.80. The Morgan fingerprint density at radius 3 is 1.23 bits per heavy atom. The summed E-state index contributed by atoms with van der Waals surface area (Å²) in [6.45, 7) is 7.97. The molecular weight excluding hydrogens is 170 g/mol. The van der Waals surface area contributed by atoms with Crippen molar-refractivity contribution < 1.29 is 14.7 Å². The van der Waals surface area contributed by atoms with E-state index in [1.54, 1.807) is 20.9 Å². The zero-order chi connectivity index (χ0) is 11.4. The maximum Gasteiger partial charge on any atom is 0.216 e. The quantitative estimate of drug-likeness (QED) is 0.593. The van der Waals surface area contributed by atoms with E-state index in [1.165, 1.54) is 20.8 Å². The molecule has 0 aliphatic carbocycles. The van der Waals surface area contributed by atoms with E-state index >= 15 is 0 Å². The number of nitrogens with one attached hydrogen (secondary N) is 1. The molecule has 2 N–H and O–H groups in total. The first-order valence-electron chi connectivity index (χ1n) is 4.07. The van der Waals surface area contributed by atoms with Crippen molar-refractivity contribution in [1.82, 2.24) is 5.32 Å². The van der Waals surface area contributed by atoms with Gasteiger partial charge in [0.1, 0.15) is 5.78 Å².